The number of aliphatic hydroxyl groups excluding tert-OH is 1. The SMILES string of the molecule is Cn1cnc(CCn2cnnc2CO)n1. The van der Waals surface area contributed by atoms with Crippen LogP contribution >= 0.6 is 0 Å². The maximum Gasteiger partial charge on any atom is 0.158 e. The molecule has 0 fully saturated rings. The first-order valence-corrected chi connectivity index (χ1v) is 4.61. The van der Waals surface area contributed by atoms with Gasteiger partial charge in [0.15, 0.2) is 11.6 Å². The number of hydrogen-bond donors (Lipinski definition) is 1. The van der Waals surface area contributed by atoms with E-state index in [0.29, 0.717) is 18.8 Å². The molecule has 0 spiro atoms. The van der Waals surface area contributed by atoms with Gasteiger partial charge >= 0.3 is 0 Å². The van der Waals surface area contributed by atoms with Crippen LogP contribution in [0, 0.1) is 0 Å². The molecule has 2 aromatic heterocycles. The van der Waals surface area contributed by atoms with Crippen LogP contribution in [0.5, 0.6) is 0 Å². The summed E-state index contributed by atoms with van der Waals surface area (Å²) in [5.41, 5.74) is 0. The first-order valence-electron chi connectivity index (χ1n) is 4.61. The Bertz CT molecular complexity index is 434. The molecule has 80 valence electrons. The van der Waals surface area contributed by atoms with Crippen LogP contribution in [-0.2, 0) is 26.6 Å². The van der Waals surface area contributed by atoms with Gasteiger partial charge in [0.25, 0.3) is 0 Å². The Kier molecular flexibility index (Phi) is 2.72. The Morgan fingerprint density at radius 2 is 2.27 bits per heavy atom. The topological polar surface area (TPSA) is 81.7 Å². The molecule has 0 saturated heterocycles. The molecule has 0 radical (unpaired) electrons. The van der Waals surface area contributed by atoms with E-state index in [4.69, 9.17) is 5.11 Å². The van der Waals surface area contributed by atoms with E-state index in [1.54, 1.807) is 21.9 Å². The van der Waals surface area contributed by atoms with Crippen LogP contribution in [0.1, 0.15) is 11.6 Å². The van der Waals surface area contributed by atoms with Crippen molar-refractivity contribution >= 4 is 0 Å². The molecule has 2 rings (SSSR count). The van der Waals surface area contributed by atoms with Crippen LogP contribution < -0.4 is 0 Å². The molecular weight excluding hydrogens is 196 g/mol. The molecule has 0 aliphatic heterocycles. The predicted octanol–water partition coefficient (Wildman–Crippen LogP) is -0.858. The van der Waals surface area contributed by atoms with Crippen molar-refractivity contribution in [1.82, 2.24) is 29.5 Å². The lowest BCUT2D eigenvalue weighted by molar-refractivity contribution is 0.264. The monoisotopic (exact) mass is 208 g/mol. The smallest absolute Gasteiger partial charge is 0.158 e. The van der Waals surface area contributed by atoms with Gasteiger partial charge in [0.1, 0.15) is 19.3 Å². The first-order chi connectivity index (χ1) is 7.29. The van der Waals surface area contributed by atoms with Crippen LogP contribution in [0.25, 0.3) is 0 Å². The highest BCUT2D eigenvalue weighted by Crippen LogP contribution is 1.98. The molecule has 0 unspecified atom stereocenters. The normalized spacial score (nSPS) is 10.8. The van der Waals surface area contributed by atoms with Crippen LogP contribution in [-0.4, -0.2) is 34.6 Å². The summed E-state index contributed by atoms with van der Waals surface area (Å²) in [4.78, 5) is 4.11. The highest BCUT2D eigenvalue weighted by atomic mass is 16.3. The minimum atomic E-state index is -0.102. The third kappa shape index (κ3) is 2.18. The fourth-order valence-corrected chi connectivity index (χ4v) is 1.31. The third-order valence-corrected chi connectivity index (χ3v) is 2.06. The highest BCUT2D eigenvalue weighted by Gasteiger charge is 2.04. The van der Waals surface area contributed by atoms with Gasteiger partial charge < -0.3 is 9.67 Å². The van der Waals surface area contributed by atoms with Gasteiger partial charge in [0.2, 0.25) is 0 Å². The zero-order valence-corrected chi connectivity index (χ0v) is 8.41. The fourth-order valence-electron chi connectivity index (χ4n) is 1.31. The van der Waals surface area contributed by atoms with E-state index in [-0.39, 0.29) is 6.61 Å². The minimum absolute atomic E-state index is 0.102. The maximum atomic E-state index is 8.95. The summed E-state index contributed by atoms with van der Waals surface area (Å²) in [5.74, 6) is 1.33. The molecule has 1 N–H and O–H groups in total. The third-order valence-electron chi connectivity index (χ3n) is 2.06. The molecule has 0 saturated carbocycles. The molecule has 7 nitrogen and oxygen atoms in total. The summed E-state index contributed by atoms with van der Waals surface area (Å²) < 4.78 is 3.45. The van der Waals surface area contributed by atoms with Crippen LogP contribution in [0.4, 0.5) is 0 Å². The number of aliphatic hydroxyl groups is 1. The van der Waals surface area contributed by atoms with Crippen molar-refractivity contribution < 1.29 is 5.11 Å². The largest absolute Gasteiger partial charge is 0.388 e. The molecule has 0 atom stereocenters. The van der Waals surface area contributed by atoms with Gasteiger partial charge in [-0.25, -0.2) is 4.98 Å². The highest BCUT2D eigenvalue weighted by molar-refractivity contribution is 4.86. The van der Waals surface area contributed by atoms with E-state index in [1.165, 1.54) is 0 Å². The molecule has 0 amide bonds. The van der Waals surface area contributed by atoms with Gasteiger partial charge in [-0.15, -0.1) is 10.2 Å². The van der Waals surface area contributed by atoms with Crippen molar-refractivity contribution in [2.24, 2.45) is 7.05 Å². The molecule has 2 aromatic rings. The van der Waals surface area contributed by atoms with E-state index >= 15 is 0 Å². The number of aromatic nitrogens is 6. The van der Waals surface area contributed by atoms with Gasteiger partial charge in [-0.3, -0.25) is 4.68 Å². The van der Waals surface area contributed by atoms with E-state index in [9.17, 15) is 0 Å². The van der Waals surface area contributed by atoms with E-state index in [2.05, 4.69) is 20.3 Å². The molecule has 0 aromatic carbocycles. The standard InChI is InChI=1S/C8H12N6O/c1-13-5-9-7(12-13)2-3-14-6-10-11-8(14)4-15/h5-6,15H,2-4H2,1H3. The Morgan fingerprint density at radius 1 is 1.40 bits per heavy atom. The Balaban J connectivity index is 1.98. The Hall–Kier alpha value is -1.76. The zero-order valence-electron chi connectivity index (χ0n) is 8.41. The number of rotatable bonds is 4. The van der Waals surface area contributed by atoms with Crippen molar-refractivity contribution in [3.05, 3.63) is 24.3 Å². The van der Waals surface area contributed by atoms with Gasteiger partial charge in [0.05, 0.1) is 0 Å². The minimum Gasteiger partial charge on any atom is -0.388 e. The molecule has 0 bridgehead atoms. The lowest BCUT2D eigenvalue weighted by atomic mass is 10.4. The Morgan fingerprint density at radius 3 is 2.93 bits per heavy atom. The van der Waals surface area contributed by atoms with E-state index < -0.39 is 0 Å². The van der Waals surface area contributed by atoms with Crippen molar-refractivity contribution in [1.29, 1.82) is 0 Å². The molecule has 0 aliphatic carbocycles. The molecular formula is C8H12N6O. The molecule has 2 heterocycles. The van der Waals surface area contributed by atoms with Gasteiger partial charge in [-0.2, -0.15) is 5.10 Å². The average Bonchev–Trinajstić information content (AvgIpc) is 2.83. The molecule has 7 heteroatoms. The number of nitrogens with zero attached hydrogens (tertiary/aromatic N) is 6. The lowest BCUT2D eigenvalue weighted by Gasteiger charge is -2.01. The maximum absolute atomic E-state index is 8.95. The van der Waals surface area contributed by atoms with Crippen molar-refractivity contribution in [2.45, 2.75) is 19.6 Å². The second-order valence-corrected chi connectivity index (χ2v) is 3.18. The lowest BCUT2D eigenvalue weighted by Crippen LogP contribution is -2.06. The van der Waals surface area contributed by atoms with E-state index in [0.717, 1.165) is 5.82 Å². The van der Waals surface area contributed by atoms with Crippen LogP contribution in [0.3, 0.4) is 0 Å². The summed E-state index contributed by atoms with van der Waals surface area (Å²) in [7, 11) is 1.83. The summed E-state index contributed by atoms with van der Waals surface area (Å²) in [6.45, 7) is 0.572. The average molecular weight is 208 g/mol. The first kappa shape index (κ1) is 9.78. The van der Waals surface area contributed by atoms with E-state index in [1.807, 2.05) is 7.05 Å². The number of aryl methyl sites for hydroxylation is 3. The second-order valence-electron chi connectivity index (χ2n) is 3.18. The zero-order chi connectivity index (χ0) is 10.7. The van der Waals surface area contributed by atoms with Crippen molar-refractivity contribution in [2.75, 3.05) is 0 Å². The van der Waals surface area contributed by atoms with Gasteiger partial charge in [-0.05, 0) is 0 Å². The van der Waals surface area contributed by atoms with Gasteiger partial charge in [-0.1, -0.05) is 0 Å². The van der Waals surface area contributed by atoms with Crippen molar-refractivity contribution in [3.8, 4) is 0 Å². The Labute approximate surface area is 86.4 Å². The second kappa shape index (κ2) is 4.18. The number of hydrogen-bond acceptors (Lipinski definition) is 5. The fraction of sp³-hybridized carbons (Fsp3) is 0.500. The van der Waals surface area contributed by atoms with Crippen LogP contribution in [0.2, 0.25) is 0 Å². The van der Waals surface area contributed by atoms with Gasteiger partial charge in [0, 0.05) is 20.0 Å². The summed E-state index contributed by atoms with van der Waals surface area (Å²) in [6, 6.07) is 0. The molecule has 15 heavy (non-hydrogen) atoms. The summed E-state index contributed by atoms with van der Waals surface area (Å²) in [6.07, 6.45) is 3.95. The van der Waals surface area contributed by atoms with Crippen molar-refractivity contribution in [3.63, 3.8) is 0 Å². The quantitative estimate of drug-likeness (QED) is 0.707. The summed E-state index contributed by atoms with van der Waals surface area (Å²) in [5, 5.41) is 20.6. The van der Waals surface area contributed by atoms with Crippen LogP contribution in [0.15, 0.2) is 12.7 Å². The predicted molar refractivity (Wildman–Crippen MR) is 50.7 cm³/mol. The molecule has 0 aliphatic rings. The summed E-state index contributed by atoms with van der Waals surface area (Å²) >= 11 is 0.